The monoisotopic (exact) mass is 441 g/mol. The van der Waals surface area contributed by atoms with Gasteiger partial charge < -0.3 is 20.1 Å². The van der Waals surface area contributed by atoms with Gasteiger partial charge in [-0.3, -0.25) is 0 Å². The molecule has 164 valence electrons. The van der Waals surface area contributed by atoms with Gasteiger partial charge in [0.1, 0.15) is 17.2 Å². The fraction of sp³-hybridized carbons (Fsp3) is 0.130. The largest absolute Gasteiger partial charge is 0.573 e. The first-order valence-corrected chi connectivity index (χ1v) is 9.41. The van der Waals surface area contributed by atoms with Gasteiger partial charge in [0.05, 0.1) is 6.57 Å². The van der Waals surface area contributed by atoms with Crippen LogP contribution in [-0.4, -0.2) is 12.4 Å². The second kappa shape index (κ2) is 10.2. The highest BCUT2D eigenvalue weighted by atomic mass is 19.4. The maximum Gasteiger partial charge on any atom is 0.573 e. The van der Waals surface area contributed by atoms with Gasteiger partial charge in [-0.1, -0.05) is 36.4 Å². The zero-order valence-electron chi connectivity index (χ0n) is 16.6. The fourth-order valence-electron chi connectivity index (χ4n) is 2.68. The van der Waals surface area contributed by atoms with Crippen molar-refractivity contribution in [3.05, 3.63) is 95.3 Å². The van der Waals surface area contributed by atoms with Crippen molar-refractivity contribution >= 4 is 11.7 Å². The molecule has 9 heteroatoms. The van der Waals surface area contributed by atoms with Crippen LogP contribution >= 0.6 is 0 Å². The molecule has 2 N–H and O–H groups in total. The number of urea groups is 1. The molecular weight excluding hydrogens is 423 g/mol. The average Bonchev–Trinajstić information content (AvgIpc) is 2.77. The van der Waals surface area contributed by atoms with Crippen molar-refractivity contribution in [1.29, 1.82) is 0 Å². The van der Waals surface area contributed by atoms with Crippen molar-refractivity contribution in [3.63, 3.8) is 0 Å². The number of amides is 2. The molecule has 3 rings (SSSR count). The summed E-state index contributed by atoms with van der Waals surface area (Å²) >= 11 is 0. The first-order chi connectivity index (χ1) is 15.3. The highest BCUT2D eigenvalue weighted by Crippen LogP contribution is 2.25. The molecule has 6 nitrogen and oxygen atoms in total. The minimum absolute atomic E-state index is 0.0416. The Bertz CT molecular complexity index is 1090. The van der Waals surface area contributed by atoms with Crippen LogP contribution in [0.5, 0.6) is 17.2 Å². The number of rotatable bonds is 7. The molecule has 0 aliphatic carbocycles. The Morgan fingerprint density at radius 1 is 0.844 bits per heavy atom. The third-order valence-electron chi connectivity index (χ3n) is 4.16. The average molecular weight is 441 g/mol. The lowest BCUT2D eigenvalue weighted by Gasteiger charge is -2.11. The van der Waals surface area contributed by atoms with Gasteiger partial charge in [0.25, 0.3) is 0 Å². The van der Waals surface area contributed by atoms with E-state index in [1.165, 1.54) is 18.2 Å². The number of hydrogen-bond donors (Lipinski definition) is 2. The van der Waals surface area contributed by atoms with E-state index in [-0.39, 0.29) is 18.8 Å². The first-order valence-electron chi connectivity index (χ1n) is 9.41. The zero-order valence-corrected chi connectivity index (χ0v) is 16.6. The van der Waals surface area contributed by atoms with Gasteiger partial charge in [0, 0.05) is 13.1 Å². The molecule has 0 spiro atoms. The lowest BCUT2D eigenvalue weighted by molar-refractivity contribution is -0.274. The van der Waals surface area contributed by atoms with Crippen LogP contribution in [0, 0.1) is 6.57 Å². The van der Waals surface area contributed by atoms with E-state index in [0.29, 0.717) is 22.7 Å². The fourth-order valence-corrected chi connectivity index (χ4v) is 2.68. The van der Waals surface area contributed by atoms with E-state index >= 15 is 0 Å². The highest BCUT2D eigenvalue weighted by molar-refractivity contribution is 5.73. The number of carbonyl (C=O) groups is 1. The molecule has 0 fully saturated rings. The third-order valence-corrected chi connectivity index (χ3v) is 4.16. The number of halogens is 3. The molecule has 0 saturated heterocycles. The molecule has 0 unspecified atom stereocenters. The predicted octanol–water partition coefficient (Wildman–Crippen LogP) is 5.93. The molecule has 0 atom stereocenters. The van der Waals surface area contributed by atoms with E-state index in [2.05, 4.69) is 20.2 Å². The van der Waals surface area contributed by atoms with Crippen LogP contribution < -0.4 is 20.1 Å². The lowest BCUT2D eigenvalue weighted by atomic mass is 10.2. The molecule has 3 aromatic rings. The Hall–Kier alpha value is -4.19. The van der Waals surface area contributed by atoms with Crippen molar-refractivity contribution in [2.75, 3.05) is 0 Å². The van der Waals surface area contributed by atoms with Gasteiger partial charge in [0.2, 0.25) is 0 Å². The van der Waals surface area contributed by atoms with E-state index < -0.39 is 12.4 Å². The summed E-state index contributed by atoms with van der Waals surface area (Å²) in [5, 5.41) is 5.25. The summed E-state index contributed by atoms with van der Waals surface area (Å²) < 4.78 is 46.4. The van der Waals surface area contributed by atoms with E-state index in [1.54, 1.807) is 54.6 Å². The Morgan fingerprint density at radius 2 is 1.44 bits per heavy atom. The summed E-state index contributed by atoms with van der Waals surface area (Å²) in [5.74, 6) is 0.865. The second-order valence-electron chi connectivity index (χ2n) is 6.58. The lowest BCUT2D eigenvalue weighted by Crippen LogP contribution is -2.34. The van der Waals surface area contributed by atoms with Crippen LogP contribution in [0.15, 0.2) is 72.8 Å². The highest BCUT2D eigenvalue weighted by Gasteiger charge is 2.31. The van der Waals surface area contributed by atoms with E-state index in [4.69, 9.17) is 11.3 Å². The predicted molar refractivity (Wildman–Crippen MR) is 111 cm³/mol. The minimum Gasteiger partial charge on any atom is -0.457 e. The number of benzene rings is 3. The number of ether oxygens (including phenoxy) is 2. The topological polar surface area (TPSA) is 64.0 Å². The van der Waals surface area contributed by atoms with Crippen molar-refractivity contribution in [2.45, 2.75) is 19.5 Å². The summed E-state index contributed by atoms with van der Waals surface area (Å²) in [6.07, 6.45) is -4.77. The van der Waals surface area contributed by atoms with E-state index in [0.717, 1.165) is 5.56 Å². The van der Waals surface area contributed by atoms with Crippen LogP contribution in [0.4, 0.5) is 23.7 Å². The number of nitrogens with one attached hydrogen (secondary N) is 2. The Balaban J connectivity index is 1.44. The summed E-state index contributed by atoms with van der Waals surface area (Å²) in [6.45, 7) is 7.24. The van der Waals surface area contributed by atoms with Gasteiger partial charge in [-0.25, -0.2) is 9.64 Å². The molecule has 0 radical (unpaired) electrons. The number of hydrogen-bond acceptors (Lipinski definition) is 3. The number of nitrogens with zero attached hydrogens (tertiary/aromatic N) is 1. The summed E-state index contributed by atoms with van der Waals surface area (Å²) in [4.78, 5) is 15.3. The van der Waals surface area contributed by atoms with Crippen molar-refractivity contribution in [1.82, 2.24) is 10.6 Å². The molecule has 0 bridgehead atoms. The van der Waals surface area contributed by atoms with Crippen LogP contribution in [-0.2, 0) is 13.1 Å². The summed E-state index contributed by atoms with van der Waals surface area (Å²) in [6, 6.07) is 18.8. The van der Waals surface area contributed by atoms with E-state index in [9.17, 15) is 18.0 Å². The Labute approximate surface area is 182 Å². The molecule has 0 aromatic heterocycles. The summed E-state index contributed by atoms with van der Waals surface area (Å²) in [5.41, 5.74) is 1.82. The molecular formula is C23H18F3N3O3. The third kappa shape index (κ3) is 7.25. The number of carbonyl (C=O) groups excluding carboxylic acids is 1. The second-order valence-corrected chi connectivity index (χ2v) is 6.58. The van der Waals surface area contributed by atoms with Crippen molar-refractivity contribution < 1.29 is 27.4 Å². The molecule has 0 aliphatic heterocycles. The van der Waals surface area contributed by atoms with E-state index in [1.807, 2.05) is 0 Å². The SMILES string of the molecule is [C-]#[N+]c1ccc(Oc2ccc(CNC(=O)NCc3cccc(OC(F)(F)F)c3)cc2)cc1. The molecule has 2 amide bonds. The number of alkyl halides is 3. The quantitative estimate of drug-likeness (QED) is 0.447. The molecule has 0 heterocycles. The molecule has 3 aromatic carbocycles. The summed E-state index contributed by atoms with van der Waals surface area (Å²) in [7, 11) is 0. The van der Waals surface area contributed by atoms with Crippen LogP contribution in [0.3, 0.4) is 0 Å². The van der Waals surface area contributed by atoms with Gasteiger partial charge in [-0.2, -0.15) is 0 Å². The Kier molecular flexibility index (Phi) is 7.18. The minimum atomic E-state index is -4.77. The molecule has 32 heavy (non-hydrogen) atoms. The maximum atomic E-state index is 12.3. The molecule has 0 saturated carbocycles. The smallest absolute Gasteiger partial charge is 0.457 e. The van der Waals surface area contributed by atoms with Crippen molar-refractivity contribution in [2.24, 2.45) is 0 Å². The van der Waals surface area contributed by atoms with Crippen molar-refractivity contribution in [3.8, 4) is 17.2 Å². The van der Waals surface area contributed by atoms with Gasteiger partial charge >= 0.3 is 12.4 Å². The van der Waals surface area contributed by atoms with Crippen LogP contribution in [0.2, 0.25) is 0 Å². The van der Waals surface area contributed by atoms with Gasteiger partial charge in [-0.05, 0) is 47.5 Å². The normalized spacial score (nSPS) is 10.7. The first kappa shape index (κ1) is 22.5. The van der Waals surface area contributed by atoms with Gasteiger partial charge in [-0.15, -0.1) is 13.2 Å². The standard InChI is InChI=1S/C23H18F3N3O3/c1-27-18-7-11-20(12-8-18)31-19-9-5-16(6-10-19)14-28-22(30)29-15-17-3-2-4-21(13-17)32-23(24,25)26/h2-13H,14-15H2,(H2,28,29,30). The van der Waals surface area contributed by atoms with Gasteiger partial charge in [0.15, 0.2) is 5.69 Å². The van der Waals surface area contributed by atoms with Crippen LogP contribution in [0.25, 0.3) is 4.85 Å². The Morgan fingerprint density at radius 3 is 2.03 bits per heavy atom. The zero-order chi connectivity index (χ0) is 23.0. The maximum absolute atomic E-state index is 12.3. The molecule has 0 aliphatic rings. The van der Waals surface area contributed by atoms with Crippen LogP contribution in [0.1, 0.15) is 11.1 Å².